The molecule has 0 atom stereocenters. The van der Waals surface area contributed by atoms with E-state index in [4.69, 9.17) is 4.42 Å². The van der Waals surface area contributed by atoms with Crippen molar-refractivity contribution in [3.8, 4) is 0 Å². The second-order valence-electron chi connectivity index (χ2n) is 7.47. The third-order valence-electron chi connectivity index (χ3n) is 5.03. The molecule has 1 amide bonds. The molecule has 2 aromatic carbocycles. The topological polar surface area (TPSA) is 105 Å². The van der Waals surface area contributed by atoms with Gasteiger partial charge in [-0.25, -0.2) is 8.42 Å². The number of amides is 1. The number of nitrogens with zero attached hydrogens (tertiary/aromatic N) is 3. The van der Waals surface area contributed by atoms with Gasteiger partial charge in [0.1, 0.15) is 0 Å². The molecule has 1 N–H and O–H groups in total. The van der Waals surface area contributed by atoms with Crippen molar-refractivity contribution in [2.24, 2.45) is 0 Å². The second kappa shape index (κ2) is 10.4. The number of hydrogen-bond acceptors (Lipinski definition) is 6. The summed E-state index contributed by atoms with van der Waals surface area (Å²) in [5.41, 5.74) is 3.65. The Morgan fingerprint density at radius 1 is 1.03 bits per heavy atom. The van der Waals surface area contributed by atoms with Crippen LogP contribution in [-0.2, 0) is 16.4 Å². The lowest BCUT2D eigenvalue weighted by Crippen LogP contribution is -2.31. The second-order valence-corrected chi connectivity index (χ2v) is 9.41. The van der Waals surface area contributed by atoms with E-state index in [1.165, 1.54) is 51.8 Å². The van der Waals surface area contributed by atoms with Crippen molar-refractivity contribution in [3.63, 3.8) is 0 Å². The van der Waals surface area contributed by atoms with E-state index in [9.17, 15) is 13.2 Å². The van der Waals surface area contributed by atoms with Gasteiger partial charge in [-0.3, -0.25) is 10.1 Å². The van der Waals surface area contributed by atoms with Crippen LogP contribution < -0.4 is 5.32 Å². The number of nitrogens with one attached hydrogen (secondary N) is 1. The van der Waals surface area contributed by atoms with E-state index < -0.39 is 15.9 Å². The molecule has 0 saturated carbocycles. The van der Waals surface area contributed by atoms with E-state index >= 15 is 0 Å². The number of hydrogen-bond donors (Lipinski definition) is 1. The third-order valence-corrected chi connectivity index (χ3v) is 6.88. The quantitative estimate of drug-likeness (QED) is 0.455. The van der Waals surface area contributed by atoms with E-state index in [0.717, 1.165) is 5.56 Å². The number of aryl methyl sites for hydroxylation is 2. The molecular formula is C24H26N4O4S. The van der Waals surface area contributed by atoms with Crippen LogP contribution >= 0.6 is 0 Å². The minimum atomic E-state index is -3.74. The highest BCUT2D eigenvalue weighted by molar-refractivity contribution is 7.89. The molecule has 0 aliphatic heterocycles. The molecule has 0 bridgehead atoms. The highest BCUT2D eigenvalue weighted by Gasteiger charge is 2.23. The summed E-state index contributed by atoms with van der Waals surface area (Å²) in [4.78, 5) is 12.6. The van der Waals surface area contributed by atoms with Gasteiger partial charge in [0.2, 0.25) is 15.9 Å². The van der Waals surface area contributed by atoms with Gasteiger partial charge in [-0.2, -0.15) is 4.31 Å². The maximum absolute atomic E-state index is 12.8. The largest absolute Gasteiger partial charge is 0.407 e. The number of rotatable bonds is 10. The Labute approximate surface area is 193 Å². The molecular weight excluding hydrogens is 440 g/mol. The Hall–Kier alpha value is -3.56. The maximum atomic E-state index is 12.8. The highest BCUT2D eigenvalue weighted by atomic mass is 32.2. The molecule has 33 heavy (non-hydrogen) atoms. The van der Waals surface area contributed by atoms with Crippen molar-refractivity contribution in [2.75, 3.05) is 18.4 Å². The van der Waals surface area contributed by atoms with Crippen LogP contribution in [0.25, 0.3) is 0 Å². The van der Waals surface area contributed by atoms with Crippen LogP contribution in [-0.4, -0.2) is 41.9 Å². The van der Waals surface area contributed by atoms with Crippen LogP contribution in [0.3, 0.4) is 0 Å². The van der Waals surface area contributed by atoms with Gasteiger partial charge in [0, 0.05) is 18.7 Å². The molecule has 3 rings (SSSR count). The summed E-state index contributed by atoms with van der Waals surface area (Å²) in [5.74, 6) is -0.117. The van der Waals surface area contributed by atoms with Gasteiger partial charge < -0.3 is 4.42 Å². The Balaban J connectivity index is 1.68. The van der Waals surface area contributed by atoms with Crippen molar-refractivity contribution >= 4 is 21.9 Å². The summed E-state index contributed by atoms with van der Waals surface area (Å²) >= 11 is 0. The monoisotopic (exact) mass is 466 g/mol. The number of anilines is 1. The smallest absolute Gasteiger partial charge is 0.322 e. The summed E-state index contributed by atoms with van der Waals surface area (Å²) in [5, 5.41) is 10.4. The molecule has 8 nitrogen and oxygen atoms in total. The van der Waals surface area contributed by atoms with Crippen molar-refractivity contribution in [3.05, 3.63) is 95.9 Å². The van der Waals surface area contributed by atoms with Crippen LogP contribution in [0.15, 0.2) is 77.1 Å². The zero-order chi connectivity index (χ0) is 24.0. The SMILES string of the molecule is C=CCN(CC=C)S(=O)(=O)c1ccc(C(=O)Nc2nnc(Cc3ccc(C)c(C)c3)o2)cc1. The van der Waals surface area contributed by atoms with Crippen molar-refractivity contribution in [2.45, 2.75) is 25.2 Å². The molecule has 9 heteroatoms. The van der Waals surface area contributed by atoms with Gasteiger partial charge in [0.25, 0.3) is 5.91 Å². The summed E-state index contributed by atoms with van der Waals surface area (Å²) in [7, 11) is -3.74. The lowest BCUT2D eigenvalue weighted by atomic mass is 10.0. The van der Waals surface area contributed by atoms with Crippen LogP contribution in [0, 0.1) is 13.8 Å². The standard InChI is InChI=1S/C24H26N4O4S/c1-5-13-28(14-6-2)33(30,31)21-11-9-20(10-12-21)23(29)25-24-27-26-22(32-24)16-19-8-7-17(3)18(4)15-19/h5-12,15H,1-2,13-14,16H2,3-4H3,(H,25,27,29). The highest BCUT2D eigenvalue weighted by Crippen LogP contribution is 2.18. The van der Waals surface area contributed by atoms with Gasteiger partial charge in [-0.05, 0) is 54.8 Å². The molecule has 3 aromatic rings. The molecule has 1 aromatic heterocycles. The van der Waals surface area contributed by atoms with Crippen molar-refractivity contribution in [1.82, 2.24) is 14.5 Å². The molecule has 0 fully saturated rings. The predicted molar refractivity (Wildman–Crippen MR) is 127 cm³/mol. The van der Waals surface area contributed by atoms with E-state index in [1.54, 1.807) is 0 Å². The molecule has 0 spiro atoms. The molecule has 0 saturated heterocycles. The number of benzene rings is 2. The minimum Gasteiger partial charge on any atom is -0.407 e. The summed E-state index contributed by atoms with van der Waals surface area (Å²) in [6.45, 7) is 11.5. The van der Waals surface area contributed by atoms with Crippen molar-refractivity contribution < 1.29 is 17.6 Å². The lowest BCUT2D eigenvalue weighted by Gasteiger charge is -2.19. The predicted octanol–water partition coefficient (Wildman–Crippen LogP) is 3.89. The normalized spacial score (nSPS) is 11.4. The number of carbonyl (C=O) groups is 1. The fraction of sp³-hybridized carbons (Fsp3) is 0.208. The summed E-state index contributed by atoms with van der Waals surface area (Å²) in [6.07, 6.45) is 3.45. The van der Waals surface area contributed by atoms with Gasteiger partial charge in [-0.1, -0.05) is 35.4 Å². The molecule has 0 aliphatic rings. The van der Waals surface area contributed by atoms with E-state index in [2.05, 4.69) is 34.7 Å². The van der Waals surface area contributed by atoms with Crippen molar-refractivity contribution in [1.29, 1.82) is 0 Å². The first-order valence-corrected chi connectivity index (χ1v) is 11.7. The molecule has 0 radical (unpaired) electrons. The fourth-order valence-electron chi connectivity index (χ4n) is 3.12. The lowest BCUT2D eigenvalue weighted by molar-refractivity contribution is 0.102. The number of aromatic nitrogens is 2. The number of sulfonamides is 1. The van der Waals surface area contributed by atoms with Crippen LogP contribution in [0.5, 0.6) is 0 Å². The maximum Gasteiger partial charge on any atom is 0.322 e. The Kier molecular flexibility index (Phi) is 7.57. The van der Waals surface area contributed by atoms with Gasteiger partial charge in [0.05, 0.1) is 11.3 Å². The molecule has 0 unspecified atom stereocenters. The van der Waals surface area contributed by atoms with E-state index in [1.807, 2.05) is 26.0 Å². The first-order valence-electron chi connectivity index (χ1n) is 10.3. The van der Waals surface area contributed by atoms with Crippen LogP contribution in [0.1, 0.15) is 32.9 Å². The Morgan fingerprint density at radius 3 is 2.30 bits per heavy atom. The van der Waals surface area contributed by atoms with Crippen LogP contribution in [0.4, 0.5) is 6.01 Å². The summed E-state index contributed by atoms with van der Waals surface area (Å²) < 4.78 is 32.3. The zero-order valence-corrected chi connectivity index (χ0v) is 19.4. The zero-order valence-electron chi connectivity index (χ0n) is 18.6. The van der Waals surface area contributed by atoms with E-state index in [0.29, 0.717) is 12.3 Å². The average molecular weight is 467 g/mol. The first kappa shape index (κ1) is 24.1. The third kappa shape index (κ3) is 5.82. The first-order chi connectivity index (χ1) is 15.7. The Morgan fingerprint density at radius 2 is 1.70 bits per heavy atom. The van der Waals surface area contributed by atoms with Gasteiger partial charge in [0.15, 0.2) is 0 Å². The summed E-state index contributed by atoms with van der Waals surface area (Å²) in [6, 6.07) is 11.7. The van der Waals surface area contributed by atoms with Gasteiger partial charge >= 0.3 is 6.01 Å². The van der Waals surface area contributed by atoms with E-state index in [-0.39, 0.29) is 29.6 Å². The average Bonchev–Trinajstić information content (AvgIpc) is 3.22. The molecule has 0 aliphatic carbocycles. The fourth-order valence-corrected chi connectivity index (χ4v) is 4.50. The molecule has 172 valence electrons. The number of carbonyl (C=O) groups excluding carboxylic acids is 1. The Bertz CT molecular complexity index is 1250. The van der Waals surface area contributed by atoms with Crippen LogP contribution in [0.2, 0.25) is 0 Å². The minimum absolute atomic E-state index is 0.0290. The molecule has 1 heterocycles. The van der Waals surface area contributed by atoms with Gasteiger partial charge in [-0.15, -0.1) is 18.3 Å².